The van der Waals surface area contributed by atoms with Gasteiger partial charge in [0.05, 0.1) is 17.2 Å². The van der Waals surface area contributed by atoms with Crippen molar-refractivity contribution >= 4 is 17.3 Å². The number of rotatable bonds is 6. The summed E-state index contributed by atoms with van der Waals surface area (Å²) >= 11 is 1.71. The zero-order chi connectivity index (χ0) is 15.9. The first kappa shape index (κ1) is 16.4. The van der Waals surface area contributed by atoms with Gasteiger partial charge in [-0.3, -0.25) is 0 Å². The van der Waals surface area contributed by atoms with Crippen LogP contribution in [0.1, 0.15) is 35.3 Å². The van der Waals surface area contributed by atoms with Gasteiger partial charge in [0, 0.05) is 18.0 Å². The van der Waals surface area contributed by atoms with E-state index in [2.05, 4.69) is 37.7 Å². The Morgan fingerprint density at radius 3 is 2.77 bits per heavy atom. The fraction of sp³-hybridized carbons (Fsp3) is 0.571. The van der Waals surface area contributed by atoms with Gasteiger partial charge in [0.2, 0.25) is 0 Å². The van der Waals surface area contributed by atoms with Crippen molar-refractivity contribution < 1.29 is 0 Å². The summed E-state index contributed by atoms with van der Waals surface area (Å²) < 4.78 is 1.99. The topological polar surface area (TPSA) is 80.0 Å². The molecule has 22 heavy (non-hydrogen) atoms. The highest BCUT2D eigenvalue weighted by atomic mass is 32.1. The lowest BCUT2D eigenvalue weighted by Crippen LogP contribution is -2.36. The number of hydrogen-bond acceptors (Lipinski definition) is 5. The second-order valence-corrected chi connectivity index (χ2v) is 6.11. The molecule has 0 amide bonds. The summed E-state index contributed by atoms with van der Waals surface area (Å²) in [5.74, 6) is 1.64. The third kappa shape index (κ3) is 4.27. The number of nitrogens with zero attached hydrogens (tertiary/aromatic N) is 5. The van der Waals surface area contributed by atoms with Crippen LogP contribution in [0.2, 0.25) is 0 Å². The number of aliphatic imine (C=N–C) groups is 1. The summed E-state index contributed by atoms with van der Waals surface area (Å²) in [6.45, 7) is 11.1. The van der Waals surface area contributed by atoms with E-state index in [4.69, 9.17) is 0 Å². The van der Waals surface area contributed by atoms with Crippen molar-refractivity contribution in [1.29, 1.82) is 0 Å². The maximum absolute atomic E-state index is 4.57. The molecule has 0 radical (unpaired) electrons. The maximum atomic E-state index is 4.57. The molecule has 0 bridgehead atoms. The molecule has 0 aromatic carbocycles. The van der Waals surface area contributed by atoms with Crippen LogP contribution in [-0.4, -0.2) is 32.3 Å². The number of hydrogen-bond donors (Lipinski definition) is 2. The molecule has 2 heterocycles. The minimum Gasteiger partial charge on any atom is -0.357 e. The van der Waals surface area contributed by atoms with Gasteiger partial charge in [-0.1, -0.05) is 0 Å². The molecular weight excluding hydrogens is 298 g/mol. The highest BCUT2D eigenvalue weighted by Gasteiger charge is 2.07. The molecule has 0 fully saturated rings. The molecule has 120 valence electrons. The van der Waals surface area contributed by atoms with Crippen molar-refractivity contribution in [3.63, 3.8) is 0 Å². The van der Waals surface area contributed by atoms with Crippen LogP contribution in [0.4, 0.5) is 0 Å². The monoisotopic (exact) mass is 321 g/mol. The van der Waals surface area contributed by atoms with Gasteiger partial charge in [-0.2, -0.15) is 0 Å². The normalized spacial score (nSPS) is 11.7. The van der Waals surface area contributed by atoms with Gasteiger partial charge in [0.15, 0.2) is 11.8 Å². The molecule has 0 aliphatic heterocycles. The molecular formula is C14H23N7S. The molecule has 2 aromatic rings. The van der Waals surface area contributed by atoms with Crippen LogP contribution in [0.25, 0.3) is 0 Å². The molecule has 0 saturated heterocycles. The molecule has 0 unspecified atom stereocenters. The Kier molecular flexibility index (Phi) is 5.88. The first-order valence-corrected chi connectivity index (χ1v) is 8.27. The molecule has 0 atom stereocenters. The molecule has 0 saturated carbocycles. The molecule has 8 heteroatoms. The van der Waals surface area contributed by atoms with Crippen LogP contribution in [0.5, 0.6) is 0 Å². The van der Waals surface area contributed by atoms with Gasteiger partial charge in [-0.15, -0.1) is 21.5 Å². The Hall–Kier alpha value is -1.96. The van der Waals surface area contributed by atoms with Crippen LogP contribution < -0.4 is 10.6 Å². The Morgan fingerprint density at radius 1 is 1.32 bits per heavy atom. The van der Waals surface area contributed by atoms with Crippen molar-refractivity contribution in [2.24, 2.45) is 4.99 Å². The lowest BCUT2D eigenvalue weighted by Gasteiger charge is -2.10. The fourth-order valence-corrected chi connectivity index (χ4v) is 2.94. The van der Waals surface area contributed by atoms with E-state index in [1.165, 1.54) is 4.88 Å². The third-order valence-electron chi connectivity index (χ3n) is 3.18. The van der Waals surface area contributed by atoms with E-state index in [-0.39, 0.29) is 0 Å². The van der Waals surface area contributed by atoms with Gasteiger partial charge < -0.3 is 15.2 Å². The summed E-state index contributed by atoms with van der Waals surface area (Å²) in [5.41, 5.74) is 1.08. The molecule has 2 aromatic heterocycles. The zero-order valence-corrected chi connectivity index (χ0v) is 14.4. The maximum Gasteiger partial charge on any atom is 0.191 e. The average Bonchev–Trinajstić information content (AvgIpc) is 3.07. The predicted molar refractivity (Wildman–Crippen MR) is 88.9 cm³/mol. The summed E-state index contributed by atoms with van der Waals surface area (Å²) in [6, 6.07) is 0. The Bertz CT molecular complexity index is 629. The molecule has 0 aliphatic carbocycles. The van der Waals surface area contributed by atoms with Crippen molar-refractivity contribution in [2.45, 2.75) is 47.3 Å². The summed E-state index contributed by atoms with van der Waals surface area (Å²) in [7, 11) is 0. The average molecular weight is 321 g/mol. The number of nitrogens with one attached hydrogen (secondary N) is 2. The van der Waals surface area contributed by atoms with Crippen LogP contribution in [0.15, 0.2) is 11.3 Å². The van der Waals surface area contributed by atoms with Crippen LogP contribution in [0, 0.1) is 13.8 Å². The highest BCUT2D eigenvalue weighted by Crippen LogP contribution is 2.16. The smallest absolute Gasteiger partial charge is 0.191 e. The largest absolute Gasteiger partial charge is 0.357 e. The standard InChI is InChI=1S/C14H23N7S/c1-5-15-14(16-7-12-10(3)19-11(4)22-12)17-8-13-20-18-9-21(13)6-2/h9H,5-8H2,1-4H3,(H2,15,16,17). The van der Waals surface area contributed by atoms with E-state index >= 15 is 0 Å². The summed E-state index contributed by atoms with van der Waals surface area (Å²) in [5, 5.41) is 15.7. The first-order chi connectivity index (χ1) is 10.6. The van der Waals surface area contributed by atoms with E-state index < -0.39 is 0 Å². The van der Waals surface area contributed by atoms with E-state index in [0.717, 1.165) is 42.1 Å². The number of thiazole rings is 1. The van der Waals surface area contributed by atoms with E-state index in [1.54, 1.807) is 17.7 Å². The number of aryl methyl sites for hydroxylation is 3. The zero-order valence-electron chi connectivity index (χ0n) is 13.6. The van der Waals surface area contributed by atoms with Gasteiger partial charge >= 0.3 is 0 Å². The lowest BCUT2D eigenvalue weighted by atomic mass is 10.4. The van der Waals surface area contributed by atoms with Gasteiger partial charge in [-0.25, -0.2) is 9.98 Å². The molecule has 7 nitrogen and oxygen atoms in total. The van der Waals surface area contributed by atoms with Crippen LogP contribution in [-0.2, 0) is 19.6 Å². The van der Waals surface area contributed by atoms with E-state index in [0.29, 0.717) is 6.54 Å². The Balaban J connectivity index is 1.99. The fourth-order valence-electron chi connectivity index (χ4n) is 2.06. The Labute approximate surface area is 134 Å². The number of guanidine groups is 1. The van der Waals surface area contributed by atoms with Gasteiger partial charge in [0.25, 0.3) is 0 Å². The minimum atomic E-state index is 0.504. The van der Waals surface area contributed by atoms with Crippen LogP contribution in [0.3, 0.4) is 0 Å². The van der Waals surface area contributed by atoms with Crippen molar-refractivity contribution in [3.05, 3.63) is 27.7 Å². The van der Waals surface area contributed by atoms with E-state index in [1.807, 2.05) is 25.3 Å². The second kappa shape index (κ2) is 7.88. The SMILES string of the molecule is CCNC(=NCc1nncn1CC)NCc1sc(C)nc1C. The van der Waals surface area contributed by atoms with Crippen molar-refractivity contribution in [1.82, 2.24) is 30.4 Å². The van der Waals surface area contributed by atoms with Crippen LogP contribution >= 0.6 is 11.3 Å². The number of aromatic nitrogens is 4. The van der Waals surface area contributed by atoms with Gasteiger partial charge in [-0.05, 0) is 27.7 Å². The highest BCUT2D eigenvalue weighted by molar-refractivity contribution is 7.11. The molecule has 2 N–H and O–H groups in total. The first-order valence-electron chi connectivity index (χ1n) is 7.45. The van der Waals surface area contributed by atoms with Gasteiger partial charge in [0.1, 0.15) is 12.9 Å². The lowest BCUT2D eigenvalue weighted by molar-refractivity contribution is 0.694. The Morgan fingerprint density at radius 2 is 2.14 bits per heavy atom. The van der Waals surface area contributed by atoms with E-state index in [9.17, 15) is 0 Å². The third-order valence-corrected chi connectivity index (χ3v) is 4.25. The molecule has 2 rings (SSSR count). The summed E-state index contributed by atoms with van der Waals surface area (Å²) in [4.78, 5) is 10.2. The summed E-state index contributed by atoms with van der Waals surface area (Å²) in [6.07, 6.45) is 1.73. The molecule has 0 aliphatic rings. The van der Waals surface area contributed by atoms with Crippen molar-refractivity contribution in [2.75, 3.05) is 6.54 Å². The minimum absolute atomic E-state index is 0.504. The molecule has 0 spiro atoms. The second-order valence-electron chi connectivity index (χ2n) is 4.82. The quantitative estimate of drug-likeness (QED) is 0.624. The predicted octanol–water partition coefficient (Wildman–Crippen LogP) is 1.63. The van der Waals surface area contributed by atoms with Crippen molar-refractivity contribution in [3.8, 4) is 0 Å².